The quantitative estimate of drug-likeness (QED) is 0.183. The Morgan fingerprint density at radius 1 is 0.321 bits per heavy atom. The first-order chi connectivity index (χ1) is 27.8. The summed E-state index contributed by atoms with van der Waals surface area (Å²) in [6, 6.07) is 67.6. The lowest BCUT2D eigenvalue weighted by Gasteiger charge is -2.22. The molecule has 12 rings (SSSR count). The Kier molecular flexibility index (Phi) is 6.60. The molecule has 1 aliphatic rings. The van der Waals surface area contributed by atoms with E-state index in [4.69, 9.17) is 9.97 Å². The van der Waals surface area contributed by atoms with E-state index in [9.17, 15) is 0 Å². The largest absolute Gasteiger partial charge is 0.309 e. The molecule has 0 fully saturated rings. The van der Waals surface area contributed by atoms with E-state index >= 15 is 0 Å². The Morgan fingerprint density at radius 3 is 1.38 bits per heavy atom. The van der Waals surface area contributed by atoms with Gasteiger partial charge in [0.2, 0.25) is 5.95 Å². The fourth-order valence-electron chi connectivity index (χ4n) is 9.07. The summed E-state index contributed by atoms with van der Waals surface area (Å²) >= 11 is 0. The molecule has 0 unspecified atom stereocenters. The Morgan fingerprint density at radius 2 is 0.768 bits per heavy atom. The minimum atomic E-state index is 0.649. The summed E-state index contributed by atoms with van der Waals surface area (Å²) in [5.74, 6) is 0.649. The second-order valence-corrected chi connectivity index (χ2v) is 14.6. The van der Waals surface area contributed by atoms with Crippen LogP contribution in [0.4, 0.5) is 0 Å². The van der Waals surface area contributed by atoms with Crippen molar-refractivity contribution < 1.29 is 0 Å². The number of benzene rings is 8. The highest BCUT2D eigenvalue weighted by molar-refractivity contribution is 6.19. The highest BCUT2D eigenvalue weighted by Crippen LogP contribution is 2.47. The summed E-state index contributed by atoms with van der Waals surface area (Å²) in [6.07, 6.45) is 2.03. The predicted octanol–water partition coefficient (Wildman–Crippen LogP) is 13.3. The third-order valence-corrected chi connectivity index (χ3v) is 11.6. The molecule has 8 aromatic carbocycles. The van der Waals surface area contributed by atoms with Crippen molar-refractivity contribution in [3.63, 3.8) is 0 Å². The SMILES string of the molecule is c1ccc(-c2ccc(-n3c4ccccc4c4cc5c(cc43)c3ccccc3n5-c3ncc4c(n3)-c3ccccc3-c3ccccc3-c3ccccc3-4)cc2)cc1. The number of hydrogen-bond donors (Lipinski definition) is 0. The molecule has 0 spiro atoms. The van der Waals surface area contributed by atoms with Gasteiger partial charge in [-0.25, -0.2) is 9.97 Å². The van der Waals surface area contributed by atoms with Crippen LogP contribution in [-0.2, 0) is 0 Å². The standard InChI is InChI=1S/C52H32N4/c1-2-14-33(15-3-1)34-26-28-35(29-27-34)55-47-24-12-10-21-41(47)44-31-50-45(30-49(44)55)42-22-11-13-25-48(42)56(50)52-53-32-46-40-20-7-6-18-38(40)36-16-4-5-17-37(36)39-19-8-9-23-43(39)51(46)54-52/h1-32H. The maximum atomic E-state index is 5.55. The number of nitrogens with zero attached hydrogens (tertiary/aromatic N) is 4. The van der Waals surface area contributed by atoms with Crippen molar-refractivity contribution in [2.75, 3.05) is 0 Å². The van der Waals surface area contributed by atoms with Crippen LogP contribution in [0.5, 0.6) is 0 Å². The normalized spacial score (nSPS) is 11.9. The molecule has 0 amide bonds. The highest BCUT2D eigenvalue weighted by atomic mass is 15.2. The van der Waals surface area contributed by atoms with E-state index in [1.165, 1.54) is 44.1 Å². The zero-order chi connectivity index (χ0) is 36.7. The monoisotopic (exact) mass is 712 g/mol. The third kappa shape index (κ3) is 4.47. The lowest BCUT2D eigenvalue weighted by molar-refractivity contribution is 0.994. The number of rotatable bonds is 3. The summed E-state index contributed by atoms with van der Waals surface area (Å²) in [5, 5.41) is 4.71. The fourth-order valence-corrected chi connectivity index (χ4v) is 9.07. The van der Waals surface area contributed by atoms with Gasteiger partial charge in [-0.15, -0.1) is 0 Å². The summed E-state index contributed by atoms with van der Waals surface area (Å²) < 4.78 is 4.66. The van der Waals surface area contributed by atoms with Crippen molar-refractivity contribution in [2.24, 2.45) is 0 Å². The second-order valence-electron chi connectivity index (χ2n) is 14.6. The van der Waals surface area contributed by atoms with Crippen LogP contribution in [0.2, 0.25) is 0 Å². The van der Waals surface area contributed by atoms with E-state index in [1.807, 2.05) is 6.20 Å². The van der Waals surface area contributed by atoms with Gasteiger partial charge in [0.1, 0.15) is 0 Å². The molecule has 3 aromatic heterocycles. The first kappa shape index (κ1) is 30.9. The molecule has 260 valence electrons. The number of hydrogen-bond acceptors (Lipinski definition) is 2. The predicted molar refractivity (Wildman–Crippen MR) is 231 cm³/mol. The first-order valence-electron chi connectivity index (χ1n) is 19.1. The lowest BCUT2D eigenvalue weighted by atomic mass is 9.83. The Labute approximate surface area is 323 Å². The van der Waals surface area contributed by atoms with Crippen LogP contribution in [-0.4, -0.2) is 19.1 Å². The molecule has 0 atom stereocenters. The van der Waals surface area contributed by atoms with Gasteiger partial charge in [-0.2, -0.15) is 0 Å². The molecule has 0 radical (unpaired) electrons. The number of fused-ring (bicyclic) bond motifs is 14. The molecule has 0 saturated heterocycles. The number of para-hydroxylation sites is 2. The lowest BCUT2D eigenvalue weighted by Crippen LogP contribution is -2.05. The second kappa shape index (κ2) is 12.0. The van der Waals surface area contributed by atoms with Crippen LogP contribution in [0.3, 0.4) is 0 Å². The molecule has 4 nitrogen and oxygen atoms in total. The zero-order valence-electron chi connectivity index (χ0n) is 30.3. The van der Waals surface area contributed by atoms with Gasteiger partial charge in [-0.1, -0.05) is 152 Å². The summed E-state index contributed by atoms with van der Waals surface area (Å²) in [7, 11) is 0. The van der Waals surface area contributed by atoms with E-state index in [0.29, 0.717) is 5.95 Å². The fraction of sp³-hybridized carbons (Fsp3) is 0. The van der Waals surface area contributed by atoms with Gasteiger partial charge in [-0.3, -0.25) is 4.57 Å². The van der Waals surface area contributed by atoms with Gasteiger partial charge in [0.15, 0.2) is 0 Å². The maximum Gasteiger partial charge on any atom is 0.235 e. The van der Waals surface area contributed by atoms with E-state index in [0.717, 1.165) is 61.0 Å². The van der Waals surface area contributed by atoms with Crippen LogP contribution in [0.15, 0.2) is 194 Å². The van der Waals surface area contributed by atoms with E-state index in [-0.39, 0.29) is 0 Å². The minimum Gasteiger partial charge on any atom is -0.309 e. The smallest absolute Gasteiger partial charge is 0.235 e. The molecular weight excluding hydrogens is 681 g/mol. The maximum absolute atomic E-state index is 5.55. The minimum absolute atomic E-state index is 0.649. The van der Waals surface area contributed by atoms with E-state index < -0.39 is 0 Å². The van der Waals surface area contributed by atoms with Gasteiger partial charge in [0, 0.05) is 44.6 Å². The summed E-state index contributed by atoms with van der Waals surface area (Å²) in [5.41, 5.74) is 17.0. The average Bonchev–Trinajstić information content (AvgIpc) is 3.77. The molecule has 1 aliphatic carbocycles. The van der Waals surface area contributed by atoms with Gasteiger partial charge in [0.05, 0.1) is 27.8 Å². The molecular formula is C52H32N4. The van der Waals surface area contributed by atoms with Gasteiger partial charge >= 0.3 is 0 Å². The molecule has 4 heteroatoms. The Balaban J connectivity index is 1.12. The molecule has 11 aromatic rings. The molecule has 0 aliphatic heterocycles. The van der Waals surface area contributed by atoms with Crippen molar-refractivity contribution in [3.8, 4) is 67.4 Å². The van der Waals surface area contributed by atoms with E-state index in [2.05, 4.69) is 197 Å². The van der Waals surface area contributed by atoms with Crippen molar-refractivity contribution >= 4 is 43.6 Å². The Bertz CT molecular complexity index is 3350. The van der Waals surface area contributed by atoms with Gasteiger partial charge < -0.3 is 4.57 Å². The first-order valence-corrected chi connectivity index (χ1v) is 19.1. The van der Waals surface area contributed by atoms with Crippen LogP contribution in [0.25, 0.3) is 111 Å². The average molecular weight is 713 g/mol. The molecule has 0 bridgehead atoms. The van der Waals surface area contributed by atoms with E-state index in [1.54, 1.807) is 0 Å². The van der Waals surface area contributed by atoms with Crippen LogP contribution < -0.4 is 0 Å². The number of aromatic nitrogens is 4. The van der Waals surface area contributed by atoms with Crippen molar-refractivity contribution in [1.29, 1.82) is 0 Å². The summed E-state index contributed by atoms with van der Waals surface area (Å²) in [4.78, 5) is 10.8. The van der Waals surface area contributed by atoms with Crippen LogP contribution in [0.1, 0.15) is 0 Å². The van der Waals surface area contributed by atoms with Gasteiger partial charge in [-0.05, 0) is 75.3 Å². The molecule has 3 heterocycles. The topological polar surface area (TPSA) is 35.6 Å². The van der Waals surface area contributed by atoms with Crippen molar-refractivity contribution in [2.45, 2.75) is 0 Å². The zero-order valence-corrected chi connectivity index (χ0v) is 30.3. The third-order valence-electron chi connectivity index (χ3n) is 11.6. The summed E-state index contributed by atoms with van der Waals surface area (Å²) in [6.45, 7) is 0. The molecule has 0 N–H and O–H groups in total. The van der Waals surface area contributed by atoms with Crippen LogP contribution >= 0.6 is 0 Å². The molecule has 0 saturated carbocycles. The van der Waals surface area contributed by atoms with Crippen molar-refractivity contribution in [3.05, 3.63) is 194 Å². The highest BCUT2D eigenvalue weighted by Gasteiger charge is 2.25. The van der Waals surface area contributed by atoms with Gasteiger partial charge in [0.25, 0.3) is 0 Å². The molecule has 56 heavy (non-hydrogen) atoms. The van der Waals surface area contributed by atoms with Crippen LogP contribution in [0, 0.1) is 0 Å². The van der Waals surface area contributed by atoms with Crippen molar-refractivity contribution in [1.82, 2.24) is 19.1 Å². The Hall–Kier alpha value is -7.56.